The average molecular weight is 347 g/mol. The van der Waals surface area contributed by atoms with Crippen LogP contribution in [0.3, 0.4) is 0 Å². The van der Waals surface area contributed by atoms with Gasteiger partial charge in [0.15, 0.2) is 4.96 Å². The van der Waals surface area contributed by atoms with E-state index in [0.717, 1.165) is 22.6 Å². The van der Waals surface area contributed by atoms with E-state index in [0.29, 0.717) is 6.54 Å². The molecule has 0 aliphatic rings. The number of hydrogen-bond acceptors (Lipinski definition) is 3. The first-order valence-electron chi connectivity index (χ1n) is 8.52. The van der Waals surface area contributed by atoms with Gasteiger partial charge < -0.3 is 5.73 Å². The fraction of sp³-hybridized carbons (Fsp3) is 0.190. The molecule has 0 aliphatic carbocycles. The lowest BCUT2D eigenvalue weighted by atomic mass is 10.1. The zero-order valence-corrected chi connectivity index (χ0v) is 15.3. The lowest BCUT2D eigenvalue weighted by molar-refractivity contribution is 0.912. The van der Waals surface area contributed by atoms with Gasteiger partial charge in [-0.1, -0.05) is 60.2 Å². The minimum Gasteiger partial charge on any atom is -0.330 e. The van der Waals surface area contributed by atoms with Gasteiger partial charge in [0.1, 0.15) is 0 Å². The number of hydrogen-bond donors (Lipinski definition) is 1. The van der Waals surface area contributed by atoms with Gasteiger partial charge in [-0.2, -0.15) is 0 Å². The molecular weight excluding hydrogens is 326 g/mol. The van der Waals surface area contributed by atoms with Crippen molar-refractivity contribution in [2.75, 3.05) is 6.54 Å². The highest BCUT2D eigenvalue weighted by Gasteiger charge is 2.20. The molecule has 25 heavy (non-hydrogen) atoms. The Kier molecular flexibility index (Phi) is 4.15. The summed E-state index contributed by atoms with van der Waals surface area (Å²) in [5.41, 5.74) is 13.1. The molecule has 3 nitrogen and oxygen atoms in total. The molecule has 0 unspecified atom stereocenters. The zero-order valence-electron chi connectivity index (χ0n) is 14.5. The number of benzene rings is 2. The summed E-state index contributed by atoms with van der Waals surface area (Å²) < 4.78 is 2.31. The number of rotatable bonds is 4. The maximum absolute atomic E-state index is 5.94. The smallest absolute Gasteiger partial charge is 0.195 e. The lowest BCUT2D eigenvalue weighted by Gasteiger charge is -2.08. The van der Waals surface area contributed by atoms with E-state index in [1.165, 1.54) is 27.4 Å². The minimum absolute atomic E-state index is 0.607. The van der Waals surface area contributed by atoms with Gasteiger partial charge in [0.05, 0.1) is 17.1 Å². The fourth-order valence-electron chi connectivity index (χ4n) is 3.31. The zero-order chi connectivity index (χ0) is 17.4. The van der Waals surface area contributed by atoms with E-state index >= 15 is 0 Å². The predicted octanol–water partition coefficient (Wildman–Crippen LogP) is 4.85. The number of fused-ring (bicyclic) bond motifs is 1. The first-order chi connectivity index (χ1) is 12.2. The molecule has 0 atom stereocenters. The van der Waals surface area contributed by atoms with Crippen LogP contribution in [0.4, 0.5) is 0 Å². The van der Waals surface area contributed by atoms with Crippen molar-refractivity contribution in [3.8, 4) is 22.5 Å². The summed E-state index contributed by atoms with van der Waals surface area (Å²) in [5, 5.41) is 0. The van der Waals surface area contributed by atoms with Gasteiger partial charge in [0.25, 0.3) is 0 Å². The van der Waals surface area contributed by atoms with Gasteiger partial charge >= 0.3 is 0 Å². The van der Waals surface area contributed by atoms with Crippen molar-refractivity contribution >= 4 is 16.3 Å². The van der Waals surface area contributed by atoms with Crippen molar-refractivity contribution in [2.45, 2.75) is 20.3 Å². The molecule has 0 spiro atoms. The van der Waals surface area contributed by atoms with Crippen LogP contribution in [0.25, 0.3) is 27.5 Å². The summed E-state index contributed by atoms with van der Waals surface area (Å²) in [6.45, 7) is 4.89. The Morgan fingerprint density at radius 3 is 2.36 bits per heavy atom. The third kappa shape index (κ3) is 2.77. The molecule has 0 aliphatic heterocycles. The van der Waals surface area contributed by atoms with Crippen LogP contribution in [0.5, 0.6) is 0 Å². The number of aromatic nitrogens is 2. The van der Waals surface area contributed by atoms with Crippen molar-refractivity contribution < 1.29 is 0 Å². The monoisotopic (exact) mass is 347 g/mol. The number of imidazole rings is 1. The summed E-state index contributed by atoms with van der Waals surface area (Å²) in [5.74, 6) is 0. The molecule has 4 rings (SSSR count). The number of aryl methyl sites for hydroxylation is 2. The van der Waals surface area contributed by atoms with Crippen molar-refractivity contribution in [3.05, 3.63) is 70.7 Å². The molecule has 2 N–H and O–H groups in total. The summed E-state index contributed by atoms with van der Waals surface area (Å²) in [4.78, 5) is 7.27. The van der Waals surface area contributed by atoms with Crippen molar-refractivity contribution in [1.82, 2.24) is 9.38 Å². The van der Waals surface area contributed by atoms with E-state index in [1.807, 2.05) is 6.07 Å². The predicted molar refractivity (Wildman–Crippen MR) is 106 cm³/mol. The number of nitrogens with two attached hydrogens (primary N) is 1. The Morgan fingerprint density at radius 2 is 1.68 bits per heavy atom. The third-order valence-corrected chi connectivity index (χ3v) is 5.45. The van der Waals surface area contributed by atoms with Crippen LogP contribution < -0.4 is 5.73 Å². The van der Waals surface area contributed by atoms with Crippen LogP contribution in [-0.4, -0.2) is 15.9 Å². The van der Waals surface area contributed by atoms with Crippen LogP contribution in [0.1, 0.15) is 16.1 Å². The lowest BCUT2D eigenvalue weighted by Crippen LogP contribution is -2.07. The maximum Gasteiger partial charge on any atom is 0.195 e. The topological polar surface area (TPSA) is 43.3 Å². The molecule has 2 heterocycles. The highest BCUT2D eigenvalue weighted by atomic mass is 32.1. The molecule has 0 saturated carbocycles. The van der Waals surface area contributed by atoms with Crippen molar-refractivity contribution in [2.24, 2.45) is 5.73 Å². The average Bonchev–Trinajstić information content (AvgIpc) is 3.12. The highest BCUT2D eigenvalue weighted by molar-refractivity contribution is 7.17. The first-order valence-corrected chi connectivity index (χ1v) is 9.34. The quantitative estimate of drug-likeness (QED) is 0.573. The highest BCUT2D eigenvalue weighted by Crippen LogP contribution is 2.36. The molecular formula is C21H21N3S. The van der Waals surface area contributed by atoms with Crippen molar-refractivity contribution in [3.63, 3.8) is 0 Å². The van der Waals surface area contributed by atoms with Gasteiger partial charge in [-0.25, -0.2) is 4.98 Å². The number of thiazole rings is 1. The first kappa shape index (κ1) is 16.1. The van der Waals surface area contributed by atoms with E-state index in [4.69, 9.17) is 10.7 Å². The van der Waals surface area contributed by atoms with Crippen molar-refractivity contribution in [1.29, 1.82) is 0 Å². The third-order valence-electron chi connectivity index (χ3n) is 4.50. The molecule has 0 bridgehead atoms. The molecule has 4 heteroatoms. The van der Waals surface area contributed by atoms with E-state index in [9.17, 15) is 0 Å². The normalized spacial score (nSPS) is 11.3. The Balaban J connectivity index is 1.99. The van der Waals surface area contributed by atoms with Crippen LogP contribution >= 0.6 is 11.3 Å². The molecule has 4 aromatic rings. The second kappa shape index (κ2) is 6.47. The van der Waals surface area contributed by atoms with Gasteiger partial charge in [-0.3, -0.25) is 4.40 Å². The second-order valence-electron chi connectivity index (χ2n) is 6.30. The summed E-state index contributed by atoms with van der Waals surface area (Å²) in [6.07, 6.45) is 0.806. The summed E-state index contributed by atoms with van der Waals surface area (Å²) in [6, 6.07) is 19.1. The van der Waals surface area contributed by atoms with E-state index in [-0.39, 0.29) is 0 Å². The van der Waals surface area contributed by atoms with Crippen LogP contribution in [0.15, 0.2) is 54.6 Å². The van der Waals surface area contributed by atoms with Gasteiger partial charge in [0, 0.05) is 16.9 Å². The van der Waals surface area contributed by atoms with Crippen LogP contribution in [0, 0.1) is 13.8 Å². The Morgan fingerprint density at radius 1 is 0.960 bits per heavy atom. The van der Waals surface area contributed by atoms with E-state index in [1.54, 1.807) is 11.3 Å². The van der Waals surface area contributed by atoms with Crippen LogP contribution in [0.2, 0.25) is 0 Å². The molecule has 126 valence electrons. The molecule has 0 radical (unpaired) electrons. The summed E-state index contributed by atoms with van der Waals surface area (Å²) in [7, 11) is 0. The SMILES string of the molecule is Cc1ccc(-c2c(C)sc3nc(-c4ccccc4)c(CCN)n23)cc1. The molecule has 0 saturated heterocycles. The Hall–Kier alpha value is -2.43. The van der Waals surface area contributed by atoms with Gasteiger partial charge in [-0.15, -0.1) is 11.3 Å². The minimum atomic E-state index is 0.607. The molecule has 2 aromatic carbocycles. The maximum atomic E-state index is 5.94. The molecule has 2 aromatic heterocycles. The Bertz CT molecular complexity index is 1010. The van der Waals surface area contributed by atoms with Crippen LogP contribution in [-0.2, 0) is 6.42 Å². The summed E-state index contributed by atoms with van der Waals surface area (Å²) >= 11 is 1.74. The largest absolute Gasteiger partial charge is 0.330 e. The van der Waals surface area contributed by atoms with Gasteiger partial charge in [-0.05, 0) is 26.0 Å². The Labute approximate surface area is 151 Å². The molecule has 0 amide bonds. The standard InChI is InChI=1S/C21H21N3S/c1-14-8-10-17(11-9-14)20-15(2)25-21-23-19(16-6-4-3-5-7-16)18(12-13-22)24(20)21/h3-11H,12-13,22H2,1-2H3. The van der Waals surface area contributed by atoms with E-state index < -0.39 is 0 Å². The second-order valence-corrected chi connectivity index (χ2v) is 7.48. The van der Waals surface area contributed by atoms with E-state index in [2.05, 4.69) is 66.8 Å². The number of nitrogens with zero attached hydrogens (tertiary/aromatic N) is 2. The fourth-order valence-corrected chi connectivity index (χ4v) is 4.32. The molecule has 0 fully saturated rings. The van der Waals surface area contributed by atoms with Gasteiger partial charge in [0.2, 0.25) is 0 Å².